The molecule has 0 saturated carbocycles. The van der Waals surface area contributed by atoms with Crippen molar-refractivity contribution in [2.24, 2.45) is 0 Å². The first-order valence-electron chi connectivity index (χ1n) is 6.22. The van der Waals surface area contributed by atoms with Gasteiger partial charge in [0.05, 0.1) is 0 Å². The molecule has 0 atom stereocenters. The molecule has 1 aromatic rings. The van der Waals surface area contributed by atoms with Crippen LogP contribution in [0.5, 0.6) is 5.75 Å². The maximum Gasteiger partial charge on any atom is 0.122 e. The van der Waals surface area contributed by atoms with Crippen molar-refractivity contribution in [3.63, 3.8) is 0 Å². The van der Waals surface area contributed by atoms with Gasteiger partial charge in [-0.25, -0.2) is 0 Å². The number of hydrogen-bond acceptors (Lipinski definition) is 3. The van der Waals surface area contributed by atoms with Gasteiger partial charge in [-0.05, 0) is 57.0 Å². The van der Waals surface area contributed by atoms with Gasteiger partial charge in [-0.15, -0.1) is 0 Å². The van der Waals surface area contributed by atoms with Gasteiger partial charge in [0.25, 0.3) is 0 Å². The van der Waals surface area contributed by atoms with E-state index in [9.17, 15) is 5.11 Å². The second kappa shape index (κ2) is 5.07. The summed E-state index contributed by atoms with van der Waals surface area (Å²) < 4.78 is 5.78. The van der Waals surface area contributed by atoms with E-state index in [1.807, 2.05) is 19.9 Å². The molecule has 1 heterocycles. The third-order valence-electron chi connectivity index (χ3n) is 3.37. The number of ether oxygens (including phenoxy) is 1. The van der Waals surface area contributed by atoms with Gasteiger partial charge in [0.1, 0.15) is 18.0 Å². The summed E-state index contributed by atoms with van der Waals surface area (Å²) in [6.07, 6.45) is 1.52. The van der Waals surface area contributed by atoms with Gasteiger partial charge in [-0.2, -0.15) is 0 Å². The third-order valence-corrected chi connectivity index (χ3v) is 3.37. The number of benzene rings is 1. The first-order chi connectivity index (χ1) is 8.09. The Morgan fingerprint density at radius 1 is 1.29 bits per heavy atom. The fraction of sp³-hybridized carbons (Fsp3) is 0.571. The Labute approximate surface area is 103 Å². The number of aliphatic hydroxyl groups is 1. The minimum absolute atomic E-state index is 0.388. The second-order valence-corrected chi connectivity index (χ2v) is 5.03. The van der Waals surface area contributed by atoms with Crippen molar-refractivity contribution in [1.29, 1.82) is 0 Å². The van der Waals surface area contributed by atoms with Crippen LogP contribution in [0.4, 0.5) is 0 Å². The summed E-state index contributed by atoms with van der Waals surface area (Å²) in [7, 11) is 0. The Morgan fingerprint density at radius 2 is 2.00 bits per heavy atom. The van der Waals surface area contributed by atoms with Crippen LogP contribution in [0.25, 0.3) is 0 Å². The lowest BCUT2D eigenvalue weighted by atomic mass is 9.93. The monoisotopic (exact) mass is 235 g/mol. The molecule has 1 aliphatic rings. The van der Waals surface area contributed by atoms with E-state index in [4.69, 9.17) is 4.74 Å². The van der Waals surface area contributed by atoms with Crippen LogP contribution in [-0.4, -0.2) is 30.4 Å². The average molecular weight is 235 g/mol. The Balaban J connectivity index is 1.99. The van der Waals surface area contributed by atoms with Gasteiger partial charge in [0.15, 0.2) is 0 Å². The lowest BCUT2D eigenvalue weighted by Crippen LogP contribution is -2.46. The number of piperidine rings is 1. The summed E-state index contributed by atoms with van der Waals surface area (Å²) >= 11 is 0. The maximum atomic E-state index is 10.3. The van der Waals surface area contributed by atoms with E-state index in [2.05, 4.69) is 17.4 Å². The Kier molecular flexibility index (Phi) is 3.69. The molecular weight excluding hydrogens is 214 g/mol. The molecule has 2 rings (SSSR count). The maximum absolute atomic E-state index is 10.3. The van der Waals surface area contributed by atoms with Crippen molar-refractivity contribution in [1.82, 2.24) is 5.32 Å². The summed E-state index contributed by atoms with van der Waals surface area (Å²) in [5.74, 6) is 0.886. The van der Waals surface area contributed by atoms with E-state index in [1.165, 1.54) is 5.56 Å². The molecule has 0 aliphatic carbocycles. The molecule has 0 radical (unpaired) electrons. The molecule has 1 aliphatic heterocycles. The van der Waals surface area contributed by atoms with Crippen LogP contribution in [-0.2, 0) is 0 Å². The lowest BCUT2D eigenvalue weighted by molar-refractivity contribution is -0.0287. The van der Waals surface area contributed by atoms with Crippen LogP contribution < -0.4 is 10.1 Å². The van der Waals surface area contributed by atoms with Crippen LogP contribution in [0.1, 0.15) is 24.0 Å². The van der Waals surface area contributed by atoms with E-state index < -0.39 is 5.60 Å². The molecule has 0 amide bonds. The zero-order chi connectivity index (χ0) is 12.3. The molecule has 0 unspecified atom stereocenters. The zero-order valence-electron chi connectivity index (χ0n) is 10.6. The Bertz CT molecular complexity index is 384. The molecule has 0 aromatic heterocycles. The number of hydrogen-bond donors (Lipinski definition) is 2. The normalized spacial score (nSPS) is 19.0. The van der Waals surface area contributed by atoms with Crippen molar-refractivity contribution >= 4 is 0 Å². The third kappa shape index (κ3) is 3.20. The van der Waals surface area contributed by atoms with Gasteiger partial charge in [0, 0.05) is 0 Å². The standard InChI is InChI=1S/C14H21NO2/c1-11-3-4-12(2)13(9-11)17-10-14(16)5-7-15-8-6-14/h3-4,9,15-16H,5-8,10H2,1-2H3. The van der Waals surface area contributed by atoms with Gasteiger partial charge < -0.3 is 15.2 Å². The van der Waals surface area contributed by atoms with Gasteiger partial charge in [-0.3, -0.25) is 0 Å². The van der Waals surface area contributed by atoms with Crippen molar-refractivity contribution in [2.75, 3.05) is 19.7 Å². The average Bonchev–Trinajstić information content (AvgIpc) is 2.31. The predicted octanol–water partition coefficient (Wildman–Crippen LogP) is 1.80. The molecular formula is C14H21NO2. The first kappa shape index (κ1) is 12.4. The highest BCUT2D eigenvalue weighted by molar-refractivity contribution is 5.36. The summed E-state index contributed by atoms with van der Waals surface area (Å²) in [5, 5.41) is 13.6. The topological polar surface area (TPSA) is 41.5 Å². The zero-order valence-corrected chi connectivity index (χ0v) is 10.6. The quantitative estimate of drug-likeness (QED) is 0.839. The van der Waals surface area contributed by atoms with Crippen molar-refractivity contribution < 1.29 is 9.84 Å². The molecule has 1 saturated heterocycles. The fourth-order valence-corrected chi connectivity index (χ4v) is 2.11. The molecule has 1 fully saturated rings. The largest absolute Gasteiger partial charge is 0.490 e. The molecule has 1 aromatic carbocycles. The Hall–Kier alpha value is -1.06. The molecule has 0 bridgehead atoms. The minimum atomic E-state index is -0.665. The molecule has 3 nitrogen and oxygen atoms in total. The van der Waals surface area contributed by atoms with E-state index in [1.54, 1.807) is 0 Å². The summed E-state index contributed by atoms with van der Waals surface area (Å²) in [6.45, 7) is 6.20. The van der Waals surface area contributed by atoms with Crippen molar-refractivity contribution in [3.8, 4) is 5.75 Å². The number of nitrogens with one attached hydrogen (secondary N) is 1. The van der Waals surface area contributed by atoms with Crippen LogP contribution >= 0.6 is 0 Å². The highest BCUT2D eigenvalue weighted by Gasteiger charge is 2.30. The number of rotatable bonds is 3. The SMILES string of the molecule is Cc1ccc(C)c(OCC2(O)CCNCC2)c1. The molecule has 0 spiro atoms. The minimum Gasteiger partial charge on any atom is -0.490 e. The van der Waals surface area contributed by atoms with Gasteiger partial charge >= 0.3 is 0 Å². The van der Waals surface area contributed by atoms with Gasteiger partial charge in [-0.1, -0.05) is 12.1 Å². The van der Waals surface area contributed by atoms with Crippen LogP contribution in [0, 0.1) is 13.8 Å². The summed E-state index contributed by atoms with van der Waals surface area (Å²) in [5.41, 5.74) is 1.64. The van der Waals surface area contributed by atoms with Crippen LogP contribution in [0.15, 0.2) is 18.2 Å². The molecule has 17 heavy (non-hydrogen) atoms. The summed E-state index contributed by atoms with van der Waals surface area (Å²) in [4.78, 5) is 0. The number of aryl methyl sites for hydroxylation is 2. The van der Waals surface area contributed by atoms with E-state index in [0.717, 1.165) is 37.2 Å². The Morgan fingerprint density at radius 3 is 2.71 bits per heavy atom. The van der Waals surface area contributed by atoms with Crippen molar-refractivity contribution in [2.45, 2.75) is 32.3 Å². The molecule has 3 heteroatoms. The van der Waals surface area contributed by atoms with Crippen LogP contribution in [0.2, 0.25) is 0 Å². The highest BCUT2D eigenvalue weighted by atomic mass is 16.5. The lowest BCUT2D eigenvalue weighted by Gasteiger charge is -2.32. The first-order valence-corrected chi connectivity index (χ1v) is 6.22. The molecule has 94 valence electrons. The summed E-state index contributed by atoms with van der Waals surface area (Å²) in [6, 6.07) is 6.15. The fourth-order valence-electron chi connectivity index (χ4n) is 2.11. The smallest absolute Gasteiger partial charge is 0.122 e. The van der Waals surface area contributed by atoms with E-state index in [-0.39, 0.29) is 0 Å². The van der Waals surface area contributed by atoms with E-state index in [0.29, 0.717) is 6.61 Å². The molecule has 2 N–H and O–H groups in total. The van der Waals surface area contributed by atoms with Crippen LogP contribution in [0.3, 0.4) is 0 Å². The van der Waals surface area contributed by atoms with E-state index >= 15 is 0 Å². The van der Waals surface area contributed by atoms with Gasteiger partial charge in [0.2, 0.25) is 0 Å². The predicted molar refractivity (Wildman–Crippen MR) is 68.5 cm³/mol. The highest BCUT2D eigenvalue weighted by Crippen LogP contribution is 2.23. The van der Waals surface area contributed by atoms with Crippen molar-refractivity contribution in [3.05, 3.63) is 29.3 Å². The second-order valence-electron chi connectivity index (χ2n) is 5.03.